The van der Waals surface area contributed by atoms with Gasteiger partial charge in [-0.2, -0.15) is 15.2 Å². The number of hydrogen-bond donors (Lipinski definition) is 0. The zero-order valence-electron chi connectivity index (χ0n) is 18.4. The van der Waals surface area contributed by atoms with Gasteiger partial charge >= 0.3 is 5.69 Å². The largest absolute Gasteiger partial charge is 0.471 e. The van der Waals surface area contributed by atoms with Crippen molar-refractivity contribution in [2.45, 2.75) is 58.2 Å². The van der Waals surface area contributed by atoms with Crippen molar-refractivity contribution in [1.82, 2.24) is 24.0 Å². The third-order valence-electron chi connectivity index (χ3n) is 5.68. The monoisotopic (exact) mass is 420 g/mol. The molecule has 2 fully saturated rings. The van der Waals surface area contributed by atoms with Crippen LogP contribution in [0.3, 0.4) is 0 Å². The van der Waals surface area contributed by atoms with Gasteiger partial charge in [-0.15, -0.1) is 0 Å². The zero-order chi connectivity index (χ0) is 21.1. The summed E-state index contributed by atoms with van der Waals surface area (Å²) in [7, 11) is 3.77. The zero-order valence-corrected chi connectivity index (χ0v) is 18.4. The minimum absolute atomic E-state index is 0. The maximum Gasteiger partial charge on any atom is 0.330 e. The summed E-state index contributed by atoms with van der Waals surface area (Å²) in [6.45, 7) is 8.12. The molecule has 4 heterocycles. The number of rotatable bonds is 4. The van der Waals surface area contributed by atoms with Crippen molar-refractivity contribution in [3.8, 4) is 11.9 Å². The Hall–Kier alpha value is -2.48. The van der Waals surface area contributed by atoms with Crippen LogP contribution in [-0.2, 0) is 11.8 Å². The fraction of sp³-hybridized carbons (Fsp3) is 0.700. The van der Waals surface area contributed by atoms with E-state index >= 15 is 0 Å². The Morgan fingerprint density at radius 1 is 1.27 bits per heavy atom. The molecule has 3 atom stereocenters. The Kier molecular flexibility index (Phi) is 7.95. The average Bonchev–Trinajstić information content (AvgIpc) is 3.45. The van der Waals surface area contributed by atoms with Gasteiger partial charge in [0.05, 0.1) is 12.6 Å². The predicted molar refractivity (Wildman–Crippen MR) is 113 cm³/mol. The van der Waals surface area contributed by atoms with Crippen LogP contribution in [0.4, 0.5) is 0 Å². The molecular weight excluding hydrogens is 388 g/mol. The molecule has 10 nitrogen and oxygen atoms in total. The maximum atomic E-state index is 12.9. The van der Waals surface area contributed by atoms with E-state index in [-0.39, 0.29) is 35.2 Å². The van der Waals surface area contributed by atoms with Gasteiger partial charge in [-0.1, -0.05) is 13.8 Å². The van der Waals surface area contributed by atoms with Crippen LogP contribution < -0.4 is 10.4 Å². The fourth-order valence-corrected chi connectivity index (χ4v) is 4.20. The van der Waals surface area contributed by atoms with E-state index in [0.717, 1.165) is 25.8 Å². The number of likely N-dealkylation sites (tertiary alicyclic amines) is 1. The summed E-state index contributed by atoms with van der Waals surface area (Å²) in [4.78, 5) is 23.8. The first-order valence-corrected chi connectivity index (χ1v) is 10.3. The predicted octanol–water partition coefficient (Wildman–Crippen LogP) is 1.03. The van der Waals surface area contributed by atoms with Gasteiger partial charge in [0.1, 0.15) is 12.2 Å². The number of fused-ring (bicyclic) bond motifs is 1. The third-order valence-corrected chi connectivity index (χ3v) is 5.68. The van der Waals surface area contributed by atoms with E-state index in [4.69, 9.17) is 9.47 Å². The lowest BCUT2D eigenvalue weighted by Crippen LogP contribution is -2.38. The molecule has 2 aromatic rings. The van der Waals surface area contributed by atoms with Crippen molar-refractivity contribution in [2.75, 3.05) is 26.8 Å². The van der Waals surface area contributed by atoms with E-state index in [1.807, 2.05) is 26.8 Å². The van der Waals surface area contributed by atoms with Crippen molar-refractivity contribution in [3.63, 3.8) is 0 Å². The standard InChI is InChI=1S/C18H24N6O3.C2H6.H2O/c1-11(13-5-4-7-22(13)2)27-17-15-16(20-14(9-19)21-17)24(18(25)23(15)3)12-6-8-26-10-12;1-2;/h11-13H,4-8,10H2,1-3H3;1-2H3;1H2/t11-,12+,13?;;/m0../s1. The molecule has 2 aromatic heterocycles. The fourth-order valence-electron chi connectivity index (χ4n) is 4.20. The third kappa shape index (κ3) is 4.19. The summed E-state index contributed by atoms with van der Waals surface area (Å²) >= 11 is 0. The van der Waals surface area contributed by atoms with Gasteiger partial charge in [-0.25, -0.2) is 4.79 Å². The molecule has 0 aliphatic carbocycles. The number of ether oxygens (including phenoxy) is 2. The summed E-state index contributed by atoms with van der Waals surface area (Å²) in [5, 5.41) is 9.38. The molecular formula is C20H32N6O4. The molecule has 10 heteroatoms. The molecule has 1 unspecified atom stereocenters. The second-order valence-electron chi connectivity index (χ2n) is 7.38. The SMILES string of the molecule is CC.C[C@H](Oc1nc(C#N)nc2c1n(C)c(=O)n2[C@@H]1CCOC1)C1CCCN1C.O. The van der Waals surface area contributed by atoms with E-state index in [1.54, 1.807) is 11.6 Å². The first kappa shape index (κ1) is 23.8. The van der Waals surface area contributed by atoms with E-state index in [9.17, 15) is 10.1 Å². The van der Waals surface area contributed by atoms with E-state index in [2.05, 4.69) is 21.9 Å². The highest BCUT2D eigenvalue weighted by Crippen LogP contribution is 2.29. The van der Waals surface area contributed by atoms with E-state index in [0.29, 0.717) is 30.3 Å². The first-order valence-electron chi connectivity index (χ1n) is 10.3. The lowest BCUT2D eigenvalue weighted by molar-refractivity contribution is 0.118. The molecule has 2 N–H and O–H groups in total. The van der Waals surface area contributed by atoms with Crippen molar-refractivity contribution in [2.24, 2.45) is 7.05 Å². The summed E-state index contributed by atoms with van der Waals surface area (Å²) in [5.74, 6) is 0.296. The molecule has 0 saturated carbocycles. The number of aromatic nitrogens is 4. The van der Waals surface area contributed by atoms with Crippen LogP contribution in [0, 0.1) is 11.3 Å². The quantitative estimate of drug-likeness (QED) is 0.722. The minimum atomic E-state index is -0.194. The minimum Gasteiger partial charge on any atom is -0.471 e. The highest BCUT2D eigenvalue weighted by Gasteiger charge is 2.31. The Morgan fingerprint density at radius 3 is 2.57 bits per heavy atom. The van der Waals surface area contributed by atoms with Crippen LogP contribution in [0.2, 0.25) is 0 Å². The van der Waals surface area contributed by atoms with Crippen LogP contribution in [-0.4, -0.2) is 68.4 Å². The van der Waals surface area contributed by atoms with Gasteiger partial charge in [0, 0.05) is 19.7 Å². The second kappa shape index (κ2) is 10.0. The van der Waals surface area contributed by atoms with Crippen LogP contribution >= 0.6 is 0 Å². The molecule has 166 valence electrons. The summed E-state index contributed by atoms with van der Waals surface area (Å²) in [5.41, 5.74) is 0.769. The number of imidazole rings is 1. The molecule has 0 spiro atoms. The van der Waals surface area contributed by atoms with Gasteiger partial charge < -0.3 is 14.9 Å². The van der Waals surface area contributed by atoms with Gasteiger partial charge in [0.25, 0.3) is 0 Å². The van der Waals surface area contributed by atoms with E-state index < -0.39 is 0 Å². The number of nitriles is 1. The molecule has 4 rings (SSSR count). The van der Waals surface area contributed by atoms with Gasteiger partial charge in [0.2, 0.25) is 11.7 Å². The van der Waals surface area contributed by atoms with Crippen LogP contribution in [0.1, 0.15) is 51.9 Å². The number of likely N-dealkylation sites (N-methyl/N-ethyl adjacent to an activating group) is 1. The number of nitrogens with zero attached hydrogens (tertiary/aromatic N) is 6. The lowest BCUT2D eigenvalue weighted by Gasteiger charge is -2.26. The Balaban J connectivity index is 0.00000104. The smallest absolute Gasteiger partial charge is 0.330 e. The van der Waals surface area contributed by atoms with Crippen LogP contribution in [0.25, 0.3) is 11.2 Å². The Morgan fingerprint density at radius 2 is 2.00 bits per heavy atom. The number of aryl methyl sites for hydroxylation is 1. The Bertz CT molecular complexity index is 957. The average molecular weight is 421 g/mol. The Labute approximate surface area is 176 Å². The summed E-state index contributed by atoms with van der Waals surface area (Å²) < 4.78 is 14.8. The molecule has 0 aromatic carbocycles. The van der Waals surface area contributed by atoms with Crippen molar-refractivity contribution in [3.05, 3.63) is 16.3 Å². The molecule has 30 heavy (non-hydrogen) atoms. The van der Waals surface area contributed by atoms with Gasteiger partial charge in [-0.3, -0.25) is 14.0 Å². The second-order valence-corrected chi connectivity index (χ2v) is 7.38. The lowest BCUT2D eigenvalue weighted by atomic mass is 10.1. The maximum absolute atomic E-state index is 12.9. The molecule has 2 aliphatic heterocycles. The topological polar surface area (TPSA) is 130 Å². The van der Waals surface area contributed by atoms with Gasteiger partial charge in [0.15, 0.2) is 11.2 Å². The molecule has 2 aliphatic rings. The molecule has 0 amide bonds. The highest BCUT2D eigenvalue weighted by atomic mass is 16.5. The van der Waals surface area contributed by atoms with Crippen molar-refractivity contribution < 1.29 is 14.9 Å². The van der Waals surface area contributed by atoms with Crippen LogP contribution in [0.15, 0.2) is 4.79 Å². The van der Waals surface area contributed by atoms with Crippen molar-refractivity contribution >= 4 is 11.2 Å². The first-order chi connectivity index (χ1) is 14.0. The van der Waals surface area contributed by atoms with E-state index in [1.165, 1.54) is 4.57 Å². The van der Waals surface area contributed by atoms with Crippen LogP contribution in [0.5, 0.6) is 5.88 Å². The number of hydrogen-bond acceptors (Lipinski definition) is 7. The summed E-state index contributed by atoms with van der Waals surface area (Å²) in [6.07, 6.45) is 2.81. The highest BCUT2D eigenvalue weighted by molar-refractivity contribution is 5.77. The summed E-state index contributed by atoms with van der Waals surface area (Å²) in [6, 6.07) is 2.18. The molecule has 0 radical (unpaired) electrons. The molecule has 0 bridgehead atoms. The normalized spacial score (nSPS) is 22.1. The van der Waals surface area contributed by atoms with Gasteiger partial charge in [-0.05, 0) is 39.8 Å². The van der Waals surface area contributed by atoms with Crippen molar-refractivity contribution in [1.29, 1.82) is 5.26 Å². The molecule has 2 saturated heterocycles.